The number of pyridine rings is 1. The van der Waals surface area contributed by atoms with E-state index in [4.69, 9.17) is 4.52 Å². The Kier molecular flexibility index (Phi) is 6.91. The van der Waals surface area contributed by atoms with Crippen LogP contribution >= 0.6 is 0 Å². The molecule has 0 atom stereocenters. The molecule has 0 bridgehead atoms. The van der Waals surface area contributed by atoms with Crippen LogP contribution in [0.5, 0.6) is 0 Å². The van der Waals surface area contributed by atoms with E-state index in [2.05, 4.69) is 60.0 Å². The van der Waals surface area contributed by atoms with E-state index in [9.17, 15) is 4.79 Å². The van der Waals surface area contributed by atoms with Crippen molar-refractivity contribution < 1.29 is 9.32 Å². The van der Waals surface area contributed by atoms with E-state index in [0.717, 1.165) is 37.8 Å². The van der Waals surface area contributed by atoms with Gasteiger partial charge in [-0.05, 0) is 59.1 Å². The number of unbranched alkanes of at least 4 members (excludes halogenated alkanes) is 1. The monoisotopic (exact) mass is 413 g/mol. The first-order chi connectivity index (χ1) is 14.2. The number of nitrogens with zero attached hydrogens (tertiary/aromatic N) is 4. The number of hydrogen-bond donors (Lipinski definition) is 1. The van der Waals surface area contributed by atoms with E-state index in [1.165, 1.54) is 0 Å². The van der Waals surface area contributed by atoms with Crippen LogP contribution < -0.4 is 5.32 Å². The number of amides is 1. The van der Waals surface area contributed by atoms with Gasteiger partial charge in [0.1, 0.15) is 0 Å². The van der Waals surface area contributed by atoms with Crippen LogP contribution in [-0.4, -0.2) is 49.6 Å². The topological polar surface area (TPSA) is 84.2 Å². The minimum atomic E-state index is 0.00307. The van der Waals surface area contributed by atoms with Crippen molar-refractivity contribution in [3.05, 3.63) is 30.4 Å². The number of rotatable bonds is 8. The average molecular weight is 414 g/mol. The van der Waals surface area contributed by atoms with Crippen LogP contribution in [0.25, 0.3) is 11.4 Å². The van der Waals surface area contributed by atoms with Gasteiger partial charge in [0.05, 0.1) is 0 Å². The lowest BCUT2D eigenvalue weighted by Gasteiger charge is -2.49. The lowest BCUT2D eigenvalue weighted by molar-refractivity contribution is -0.135. The fraction of sp³-hybridized carbons (Fsp3) is 0.652. The van der Waals surface area contributed by atoms with Gasteiger partial charge in [0.2, 0.25) is 17.6 Å². The Morgan fingerprint density at radius 3 is 2.50 bits per heavy atom. The average Bonchev–Trinajstić information content (AvgIpc) is 3.14. The van der Waals surface area contributed by atoms with Gasteiger partial charge < -0.3 is 14.7 Å². The molecule has 7 heteroatoms. The molecule has 3 heterocycles. The summed E-state index contributed by atoms with van der Waals surface area (Å²) in [5, 5.41) is 7.75. The summed E-state index contributed by atoms with van der Waals surface area (Å²) >= 11 is 0. The molecule has 0 radical (unpaired) electrons. The van der Waals surface area contributed by atoms with Crippen molar-refractivity contribution in [2.24, 2.45) is 0 Å². The summed E-state index contributed by atoms with van der Waals surface area (Å²) < 4.78 is 5.38. The molecule has 1 aliphatic heterocycles. The van der Waals surface area contributed by atoms with Crippen LogP contribution in [0.3, 0.4) is 0 Å². The van der Waals surface area contributed by atoms with Crippen molar-refractivity contribution in [3.8, 4) is 11.4 Å². The summed E-state index contributed by atoms with van der Waals surface area (Å²) in [5.41, 5.74) is 0.863. The zero-order valence-electron chi connectivity index (χ0n) is 18.9. The lowest BCUT2D eigenvalue weighted by Crippen LogP contribution is -2.62. The third kappa shape index (κ3) is 5.88. The SMILES string of the molecule is CCCCN(C(=O)CCc1nc(-c2ccncc2)no1)C1CC(C)(C)NC(C)(C)C1. The summed E-state index contributed by atoms with van der Waals surface area (Å²) in [7, 11) is 0. The molecule has 1 N–H and O–H groups in total. The Balaban J connectivity index is 1.66. The third-order valence-electron chi connectivity index (χ3n) is 5.64. The largest absolute Gasteiger partial charge is 0.340 e. The van der Waals surface area contributed by atoms with Gasteiger partial charge in [-0.1, -0.05) is 18.5 Å². The van der Waals surface area contributed by atoms with Crippen molar-refractivity contribution in [2.75, 3.05) is 6.54 Å². The maximum Gasteiger partial charge on any atom is 0.227 e. The fourth-order valence-electron chi connectivity index (χ4n) is 4.66. The summed E-state index contributed by atoms with van der Waals surface area (Å²) in [5.74, 6) is 1.20. The first-order valence-electron chi connectivity index (χ1n) is 11.0. The highest BCUT2D eigenvalue weighted by Gasteiger charge is 2.40. The Morgan fingerprint density at radius 2 is 1.87 bits per heavy atom. The lowest BCUT2D eigenvalue weighted by atomic mass is 9.79. The zero-order chi connectivity index (χ0) is 21.8. The Hall–Kier alpha value is -2.28. The minimum Gasteiger partial charge on any atom is -0.340 e. The maximum atomic E-state index is 13.2. The van der Waals surface area contributed by atoms with Gasteiger partial charge in [0.15, 0.2) is 0 Å². The number of hydrogen-bond acceptors (Lipinski definition) is 6. The smallest absolute Gasteiger partial charge is 0.227 e. The molecular formula is C23H35N5O2. The second-order valence-corrected chi connectivity index (χ2v) is 9.64. The van der Waals surface area contributed by atoms with Gasteiger partial charge >= 0.3 is 0 Å². The minimum absolute atomic E-state index is 0.00307. The molecule has 30 heavy (non-hydrogen) atoms. The first-order valence-corrected chi connectivity index (χ1v) is 11.0. The van der Waals surface area contributed by atoms with Crippen molar-refractivity contribution >= 4 is 5.91 Å². The highest BCUT2D eigenvalue weighted by molar-refractivity contribution is 5.76. The van der Waals surface area contributed by atoms with E-state index >= 15 is 0 Å². The second-order valence-electron chi connectivity index (χ2n) is 9.64. The molecule has 0 aromatic carbocycles. The number of piperidine rings is 1. The molecule has 0 saturated carbocycles. The van der Waals surface area contributed by atoms with Crippen LogP contribution in [0, 0.1) is 0 Å². The Bertz CT molecular complexity index is 815. The maximum absolute atomic E-state index is 13.2. The van der Waals surface area contributed by atoms with Gasteiger partial charge in [-0.2, -0.15) is 4.98 Å². The molecule has 0 unspecified atom stereocenters. The van der Waals surface area contributed by atoms with Crippen molar-refractivity contribution in [1.29, 1.82) is 0 Å². The molecule has 1 aliphatic rings. The summed E-state index contributed by atoms with van der Waals surface area (Å²) in [6, 6.07) is 3.92. The molecule has 3 rings (SSSR count). The van der Waals surface area contributed by atoms with Crippen molar-refractivity contribution in [2.45, 2.75) is 90.3 Å². The Labute approximate surface area is 179 Å². The first kappa shape index (κ1) is 22.4. The quantitative estimate of drug-likeness (QED) is 0.704. The molecule has 2 aromatic heterocycles. The molecule has 0 aliphatic carbocycles. The number of aryl methyl sites for hydroxylation is 1. The van der Waals surface area contributed by atoms with Crippen molar-refractivity contribution in [1.82, 2.24) is 25.3 Å². The van der Waals surface area contributed by atoms with Crippen molar-refractivity contribution in [3.63, 3.8) is 0 Å². The van der Waals surface area contributed by atoms with Gasteiger partial charge in [0.25, 0.3) is 0 Å². The fourth-order valence-corrected chi connectivity index (χ4v) is 4.66. The van der Waals surface area contributed by atoms with E-state index in [1.54, 1.807) is 12.4 Å². The van der Waals surface area contributed by atoms with Gasteiger partial charge in [0, 0.05) is 54.5 Å². The van der Waals surface area contributed by atoms with Gasteiger partial charge in [-0.25, -0.2) is 0 Å². The number of carbonyl (C=O) groups is 1. The highest BCUT2D eigenvalue weighted by Crippen LogP contribution is 2.32. The molecular weight excluding hydrogens is 378 g/mol. The normalized spacial score (nSPS) is 18.3. The van der Waals surface area contributed by atoms with Crippen LogP contribution in [0.4, 0.5) is 0 Å². The summed E-state index contributed by atoms with van der Waals surface area (Å²) in [6.45, 7) is 11.9. The summed E-state index contributed by atoms with van der Waals surface area (Å²) in [4.78, 5) is 23.8. The number of aromatic nitrogens is 3. The number of carbonyl (C=O) groups excluding carboxylic acids is 1. The zero-order valence-corrected chi connectivity index (χ0v) is 18.9. The highest BCUT2D eigenvalue weighted by atomic mass is 16.5. The summed E-state index contributed by atoms with van der Waals surface area (Å²) in [6.07, 6.45) is 8.23. The second kappa shape index (κ2) is 9.25. The molecule has 1 fully saturated rings. The van der Waals surface area contributed by atoms with E-state index in [0.29, 0.717) is 24.6 Å². The van der Waals surface area contributed by atoms with E-state index in [1.807, 2.05) is 12.1 Å². The number of nitrogens with one attached hydrogen (secondary N) is 1. The standard InChI is InChI=1S/C23H35N5O2/c1-6-7-14-28(18-15-22(2,3)27-23(4,5)16-18)20(29)9-8-19-25-21(26-30-19)17-10-12-24-13-11-17/h10-13,18,27H,6-9,14-16H2,1-5H3. The van der Waals surface area contributed by atoms with Crippen LogP contribution in [-0.2, 0) is 11.2 Å². The van der Waals surface area contributed by atoms with Crippen LogP contribution in [0.15, 0.2) is 29.0 Å². The molecule has 7 nitrogen and oxygen atoms in total. The third-order valence-corrected chi connectivity index (χ3v) is 5.64. The van der Waals surface area contributed by atoms with Gasteiger partial charge in [-0.15, -0.1) is 0 Å². The molecule has 1 saturated heterocycles. The van der Waals surface area contributed by atoms with E-state index in [-0.39, 0.29) is 23.0 Å². The van der Waals surface area contributed by atoms with Crippen LogP contribution in [0.2, 0.25) is 0 Å². The molecule has 0 spiro atoms. The Morgan fingerprint density at radius 1 is 1.20 bits per heavy atom. The molecule has 1 amide bonds. The van der Waals surface area contributed by atoms with Gasteiger partial charge in [-0.3, -0.25) is 9.78 Å². The van der Waals surface area contributed by atoms with E-state index < -0.39 is 0 Å². The molecule has 2 aromatic rings. The predicted molar refractivity (Wildman–Crippen MR) is 117 cm³/mol. The predicted octanol–water partition coefficient (Wildman–Crippen LogP) is 4.00. The van der Waals surface area contributed by atoms with Crippen LogP contribution in [0.1, 0.15) is 72.6 Å². The molecule has 164 valence electrons.